The highest BCUT2D eigenvalue weighted by Gasteiger charge is 2.38. The van der Waals surface area contributed by atoms with Crippen LogP contribution in [0.2, 0.25) is 0 Å². The van der Waals surface area contributed by atoms with Crippen LogP contribution in [0.3, 0.4) is 0 Å². The summed E-state index contributed by atoms with van der Waals surface area (Å²) in [6.45, 7) is 9.66. The SMILES string of the molecule is CC1(C)c2ccccc2-c2ccc(-c3c4ccc(N(C5=CCC6C=CC=CC6=C5)c5ccc6ccccc6c5)cc4c(-c4ccc5c(c4)C(C)(C)c4ccccc4-5)c4ccc(N(C5=CCC6C=CC=CC6=C5)c5ccc6c(c5)CCC=C6)cc34)cc21. The zero-order chi connectivity index (χ0) is 57.4. The lowest BCUT2D eigenvalue weighted by Gasteiger charge is -2.32. The third-order valence-electron chi connectivity index (χ3n) is 20.2. The zero-order valence-electron chi connectivity index (χ0n) is 49.3. The summed E-state index contributed by atoms with van der Waals surface area (Å²) >= 11 is 0. The predicted octanol–water partition coefficient (Wildman–Crippen LogP) is 22.2. The molecular formula is C84H66N2. The van der Waals surface area contributed by atoms with Gasteiger partial charge in [-0.1, -0.05) is 222 Å². The van der Waals surface area contributed by atoms with E-state index in [2.05, 4.69) is 305 Å². The lowest BCUT2D eigenvalue weighted by molar-refractivity contribution is 0.660. The highest BCUT2D eigenvalue weighted by atomic mass is 15.2. The summed E-state index contributed by atoms with van der Waals surface area (Å²) in [6.07, 6.45) is 36.5. The fourth-order valence-corrected chi connectivity index (χ4v) is 15.8. The van der Waals surface area contributed by atoms with Crippen LogP contribution in [0.25, 0.3) is 82.9 Å². The molecule has 2 nitrogen and oxygen atoms in total. The molecule has 0 radical (unpaired) electrons. The second kappa shape index (κ2) is 19.4. The highest BCUT2D eigenvalue weighted by molar-refractivity contribution is 6.23. The van der Waals surface area contributed by atoms with E-state index >= 15 is 0 Å². The van der Waals surface area contributed by atoms with Gasteiger partial charge < -0.3 is 9.80 Å². The van der Waals surface area contributed by atoms with Gasteiger partial charge in [0.1, 0.15) is 0 Å². The molecule has 0 spiro atoms. The van der Waals surface area contributed by atoms with Gasteiger partial charge in [-0.05, 0) is 220 Å². The van der Waals surface area contributed by atoms with Crippen LogP contribution in [-0.2, 0) is 17.3 Å². The number of rotatable bonds is 8. The normalized spacial score (nSPS) is 18.5. The minimum Gasteiger partial charge on any atom is -0.311 e. The number of hydrogen-bond donors (Lipinski definition) is 0. The molecule has 2 unspecified atom stereocenters. The Bertz CT molecular complexity index is 4900. The van der Waals surface area contributed by atoms with E-state index in [4.69, 9.17) is 0 Å². The maximum Gasteiger partial charge on any atom is 0.0468 e. The molecule has 0 saturated heterocycles. The molecule has 2 heteroatoms. The van der Waals surface area contributed by atoms with Crippen LogP contribution in [-0.4, -0.2) is 0 Å². The Kier molecular flexibility index (Phi) is 11.4. The summed E-state index contributed by atoms with van der Waals surface area (Å²) in [5.74, 6) is 0.747. The summed E-state index contributed by atoms with van der Waals surface area (Å²) in [7, 11) is 0. The first-order chi connectivity index (χ1) is 42.1. The summed E-state index contributed by atoms with van der Waals surface area (Å²) in [5, 5.41) is 7.38. The average Bonchev–Trinajstić information content (AvgIpc) is 1.47. The summed E-state index contributed by atoms with van der Waals surface area (Å²) < 4.78 is 0. The lowest BCUT2D eigenvalue weighted by Crippen LogP contribution is -2.19. The molecule has 0 amide bonds. The first-order valence-electron chi connectivity index (χ1n) is 31.1. The maximum atomic E-state index is 2.55. The van der Waals surface area contributed by atoms with Crippen LogP contribution < -0.4 is 9.80 Å². The quantitative estimate of drug-likeness (QED) is 0.140. The molecule has 7 aliphatic rings. The second-order valence-corrected chi connectivity index (χ2v) is 25.8. The van der Waals surface area contributed by atoms with Crippen molar-refractivity contribution in [3.05, 3.63) is 317 Å². The number of nitrogens with zero attached hydrogens (tertiary/aromatic N) is 2. The first-order valence-corrected chi connectivity index (χ1v) is 31.1. The number of hydrogen-bond acceptors (Lipinski definition) is 2. The lowest BCUT2D eigenvalue weighted by atomic mass is 9.79. The van der Waals surface area contributed by atoms with Crippen molar-refractivity contribution in [2.45, 2.75) is 64.2 Å². The molecule has 0 fully saturated rings. The number of allylic oxidation sites excluding steroid dienone is 15. The highest BCUT2D eigenvalue weighted by Crippen LogP contribution is 2.55. The van der Waals surface area contributed by atoms with Gasteiger partial charge in [0.15, 0.2) is 0 Å². The fraction of sp³-hybridized carbons (Fsp3) is 0.143. The Morgan fingerprint density at radius 2 is 0.884 bits per heavy atom. The van der Waals surface area contributed by atoms with E-state index in [1.807, 2.05) is 0 Å². The van der Waals surface area contributed by atoms with Crippen molar-refractivity contribution in [3.63, 3.8) is 0 Å². The van der Waals surface area contributed by atoms with Crippen molar-refractivity contribution in [1.82, 2.24) is 0 Å². The van der Waals surface area contributed by atoms with Gasteiger partial charge in [-0.15, -0.1) is 0 Å². The number of fused-ring (bicyclic) bond motifs is 12. The molecule has 0 bridgehead atoms. The Hall–Kier alpha value is -9.76. The van der Waals surface area contributed by atoms with Gasteiger partial charge in [0, 0.05) is 56.8 Å². The van der Waals surface area contributed by atoms with Crippen LogP contribution in [0.1, 0.15) is 80.3 Å². The molecule has 10 aromatic rings. The van der Waals surface area contributed by atoms with Gasteiger partial charge in [0.05, 0.1) is 0 Å². The minimum atomic E-state index is -0.190. The standard InChI is InChI=1S/C84H66N2/c1-83(2)77-27-15-13-25-69(77)71-41-33-61(49-79(71)83)81-73-43-39-68(86(65-37-31-55-19-7-11-23-59(55)47-65)66-38-32-56-20-8-12-24-60(56)48-66)52-76(73)82(62-34-42-72-70-26-14-16-28-78(70)84(3,4)80(72)50-62)74-44-40-67(51-75(74)81)85(63-35-29-53-17-5-9-21-57(53)45-63)64-36-30-54-18-6-10-22-58(54)46-64/h5-11,13-23,25-29,32-52,54-55H,12,24,30-31H2,1-4H3. The largest absolute Gasteiger partial charge is 0.311 e. The molecule has 0 heterocycles. The molecule has 2 atom stereocenters. The zero-order valence-corrected chi connectivity index (χ0v) is 49.3. The molecular weight excluding hydrogens is 1040 g/mol. The van der Waals surface area contributed by atoms with E-state index < -0.39 is 0 Å². The van der Waals surface area contributed by atoms with E-state index in [0.717, 1.165) is 42.7 Å². The summed E-state index contributed by atoms with van der Waals surface area (Å²) in [5.41, 5.74) is 27.8. The summed E-state index contributed by atoms with van der Waals surface area (Å²) in [4.78, 5) is 5.08. The molecule has 7 aliphatic carbocycles. The topological polar surface area (TPSA) is 6.48 Å². The van der Waals surface area contributed by atoms with Gasteiger partial charge in [0.25, 0.3) is 0 Å². The van der Waals surface area contributed by atoms with Crippen molar-refractivity contribution >= 4 is 61.1 Å². The van der Waals surface area contributed by atoms with Crippen LogP contribution in [0.15, 0.2) is 284 Å². The Morgan fingerprint density at radius 1 is 0.395 bits per heavy atom. The van der Waals surface area contributed by atoms with Crippen molar-refractivity contribution in [2.75, 3.05) is 9.80 Å². The average molecular weight is 1100 g/mol. The molecule has 0 N–H and O–H groups in total. The Labute approximate surface area is 505 Å². The Balaban J connectivity index is 0.966. The van der Waals surface area contributed by atoms with Crippen LogP contribution in [0, 0.1) is 11.8 Å². The smallest absolute Gasteiger partial charge is 0.0468 e. The van der Waals surface area contributed by atoms with E-state index in [-0.39, 0.29) is 10.8 Å². The number of anilines is 4. The Morgan fingerprint density at radius 3 is 1.47 bits per heavy atom. The van der Waals surface area contributed by atoms with Crippen LogP contribution >= 0.6 is 0 Å². The van der Waals surface area contributed by atoms with E-state index in [0.29, 0.717) is 11.8 Å². The molecule has 0 saturated carbocycles. The van der Waals surface area contributed by atoms with E-state index in [9.17, 15) is 0 Å². The third kappa shape index (κ3) is 7.92. The number of aryl methyl sites for hydroxylation is 1. The van der Waals surface area contributed by atoms with Crippen molar-refractivity contribution in [2.24, 2.45) is 11.8 Å². The van der Waals surface area contributed by atoms with Gasteiger partial charge in [-0.25, -0.2) is 0 Å². The van der Waals surface area contributed by atoms with Gasteiger partial charge >= 0.3 is 0 Å². The minimum absolute atomic E-state index is 0.189. The molecule has 17 rings (SSSR count). The van der Waals surface area contributed by atoms with Crippen LogP contribution in [0.4, 0.5) is 22.7 Å². The van der Waals surface area contributed by atoms with Crippen molar-refractivity contribution in [1.29, 1.82) is 0 Å². The van der Waals surface area contributed by atoms with Crippen LogP contribution in [0.5, 0.6) is 0 Å². The van der Waals surface area contributed by atoms with Crippen molar-refractivity contribution < 1.29 is 0 Å². The van der Waals surface area contributed by atoms with Gasteiger partial charge in [-0.2, -0.15) is 0 Å². The summed E-state index contributed by atoms with van der Waals surface area (Å²) in [6, 6.07) is 70.7. The molecule has 10 aromatic carbocycles. The molecule has 86 heavy (non-hydrogen) atoms. The predicted molar refractivity (Wildman–Crippen MR) is 365 cm³/mol. The van der Waals surface area contributed by atoms with E-state index in [1.165, 1.54) is 138 Å². The fourth-order valence-electron chi connectivity index (χ4n) is 15.8. The first kappa shape index (κ1) is 50.7. The number of benzene rings is 10. The maximum absolute atomic E-state index is 2.55. The monoisotopic (exact) mass is 1100 g/mol. The third-order valence-corrected chi connectivity index (χ3v) is 20.2. The molecule has 0 aromatic heterocycles. The van der Waals surface area contributed by atoms with Gasteiger partial charge in [-0.3, -0.25) is 0 Å². The second-order valence-electron chi connectivity index (χ2n) is 25.8. The van der Waals surface area contributed by atoms with Crippen molar-refractivity contribution in [3.8, 4) is 44.5 Å². The molecule has 0 aliphatic heterocycles. The van der Waals surface area contributed by atoms with E-state index in [1.54, 1.807) is 0 Å². The molecule has 412 valence electrons. The van der Waals surface area contributed by atoms with Gasteiger partial charge in [0.2, 0.25) is 0 Å².